The Morgan fingerprint density at radius 1 is 1.56 bits per heavy atom. The first-order chi connectivity index (χ1) is 8.56. The summed E-state index contributed by atoms with van der Waals surface area (Å²) >= 11 is 0. The molecule has 0 amide bonds. The predicted molar refractivity (Wildman–Crippen MR) is 71.8 cm³/mol. The predicted octanol–water partition coefficient (Wildman–Crippen LogP) is 2.08. The molecule has 1 unspecified atom stereocenters. The maximum atomic E-state index is 10.9. The summed E-state index contributed by atoms with van der Waals surface area (Å²) in [6.07, 6.45) is 2.42. The van der Waals surface area contributed by atoms with Crippen molar-refractivity contribution in [3.63, 3.8) is 0 Å². The van der Waals surface area contributed by atoms with Gasteiger partial charge in [0.05, 0.1) is 10.5 Å². The van der Waals surface area contributed by atoms with Crippen LogP contribution in [-0.4, -0.2) is 24.6 Å². The van der Waals surface area contributed by atoms with E-state index in [4.69, 9.17) is 5.73 Å². The Kier molecular flexibility index (Phi) is 3.52. The molecule has 2 rings (SSSR count). The topological polar surface area (TPSA) is 72.4 Å². The maximum absolute atomic E-state index is 10.9. The van der Waals surface area contributed by atoms with Crippen molar-refractivity contribution in [2.45, 2.75) is 25.8 Å². The SMILES string of the molecule is Cc1c(N(C)C(CN)C2CC2)cccc1[N+](=O)[O-]. The number of likely N-dealkylation sites (N-methyl/N-ethyl adjacent to an activating group) is 1. The smallest absolute Gasteiger partial charge is 0.274 e. The van der Waals surface area contributed by atoms with Gasteiger partial charge < -0.3 is 10.6 Å². The van der Waals surface area contributed by atoms with E-state index in [1.54, 1.807) is 19.1 Å². The number of nitrogens with two attached hydrogens (primary N) is 1. The van der Waals surface area contributed by atoms with Crippen molar-refractivity contribution in [1.29, 1.82) is 0 Å². The Morgan fingerprint density at radius 3 is 2.72 bits per heavy atom. The minimum absolute atomic E-state index is 0.172. The highest BCUT2D eigenvalue weighted by Crippen LogP contribution is 2.37. The molecule has 1 fully saturated rings. The van der Waals surface area contributed by atoms with Gasteiger partial charge in [-0.1, -0.05) is 6.07 Å². The summed E-state index contributed by atoms with van der Waals surface area (Å²) in [7, 11) is 1.97. The Hall–Kier alpha value is -1.62. The highest BCUT2D eigenvalue weighted by molar-refractivity contribution is 5.61. The number of nitro groups is 1. The Balaban J connectivity index is 2.32. The van der Waals surface area contributed by atoms with Gasteiger partial charge in [-0.2, -0.15) is 0 Å². The molecule has 0 bridgehead atoms. The molecule has 1 aromatic rings. The fourth-order valence-electron chi connectivity index (χ4n) is 2.52. The number of anilines is 1. The monoisotopic (exact) mass is 249 g/mol. The molecular weight excluding hydrogens is 230 g/mol. The minimum atomic E-state index is -0.332. The van der Waals surface area contributed by atoms with Gasteiger partial charge in [-0.15, -0.1) is 0 Å². The van der Waals surface area contributed by atoms with Gasteiger partial charge in [0, 0.05) is 31.4 Å². The first-order valence-corrected chi connectivity index (χ1v) is 6.23. The Bertz CT molecular complexity index is 458. The molecular formula is C13H19N3O2. The highest BCUT2D eigenvalue weighted by atomic mass is 16.6. The second kappa shape index (κ2) is 4.94. The van der Waals surface area contributed by atoms with E-state index < -0.39 is 0 Å². The number of benzene rings is 1. The van der Waals surface area contributed by atoms with E-state index in [0.717, 1.165) is 5.69 Å². The van der Waals surface area contributed by atoms with Gasteiger partial charge >= 0.3 is 0 Å². The van der Waals surface area contributed by atoms with Crippen LogP contribution >= 0.6 is 0 Å². The lowest BCUT2D eigenvalue weighted by Gasteiger charge is -2.30. The molecule has 1 aliphatic rings. The molecule has 1 aliphatic carbocycles. The molecule has 0 heterocycles. The summed E-state index contributed by atoms with van der Waals surface area (Å²) in [6.45, 7) is 2.38. The number of hydrogen-bond acceptors (Lipinski definition) is 4. The average molecular weight is 249 g/mol. The van der Waals surface area contributed by atoms with Gasteiger partial charge in [-0.3, -0.25) is 10.1 Å². The average Bonchev–Trinajstić information content (AvgIpc) is 3.14. The van der Waals surface area contributed by atoms with Crippen LogP contribution < -0.4 is 10.6 Å². The first-order valence-electron chi connectivity index (χ1n) is 6.23. The van der Waals surface area contributed by atoms with E-state index in [2.05, 4.69) is 4.90 Å². The number of nitrogens with zero attached hydrogens (tertiary/aromatic N) is 2. The molecule has 1 saturated carbocycles. The van der Waals surface area contributed by atoms with Gasteiger partial charge in [0.15, 0.2) is 0 Å². The summed E-state index contributed by atoms with van der Waals surface area (Å²) in [5.41, 5.74) is 7.62. The molecule has 0 radical (unpaired) electrons. The number of hydrogen-bond donors (Lipinski definition) is 1. The molecule has 1 atom stereocenters. The van der Waals surface area contributed by atoms with Crippen LogP contribution in [0.3, 0.4) is 0 Å². The first kappa shape index (κ1) is 12.8. The lowest BCUT2D eigenvalue weighted by molar-refractivity contribution is -0.385. The summed E-state index contributed by atoms with van der Waals surface area (Å²) in [6, 6.07) is 5.48. The zero-order chi connectivity index (χ0) is 13.3. The van der Waals surface area contributed by atoms with Crippen LogP contribution in [0.5, 0.6) is 0 Å². The molecule has 18 heavy (non-hydrogen) atoms. The second-order valence-corrected chi connectivity index (χ2v) is 4.93. The molecule has 0 aromatic heterocycles. The van der Waals surface area contributed by atoms with Gasteiger partial charge in [-0.25, -0.2) is 0 Å². The number of rotatable bonds is 5. The van der Waals surface area contributed by atoms with Crippen LogP contribution in [0, 0.1) is 23.0 Å². The van der Waals surface area contributed by atoms with E-state index in [0.29, 0.717) is 18.0 Å². The zero-order valence-corrected chi connectivity index (χ0v) is 10.8. The standard InChI is InChI=1S/C13H19N3O2/c1-9-11(4-3-5-12(9)16(17)18)15(2)13(8-14)10-6-7-10/h3-5,10,13H,6-8,14H2,1-2H3. The van der Waals surface area contributed by atoms with E-state index in [1.165, 1.54) is 12.8 Å². The van der Waals surface area contributed by atoms with E-state index in [9.17, 15) is 10.1 Å². The van der Waals surface area contributed by atoms with Crippen LogP contribution in [-0.2, 0) is 0 Å². The van der Waals surface area contributed by atoms with Gasteiger partial charge in [-0.05, 0) is 31.7 Å². The lowest BCUT2D eigenvalue weighted by Crippen LogP contribution is -2.40. The molecule has 5 heteroatoms. The van der Waals surface area contributed by atoms with E-state index >= 15 is 0 Å². The number of nitro benzene ring substituents is 1. The van der Waals surface area contributed by atoms with Crippen LogP contribution in [0.4, 0.5) is 11.4 Å². The van der Waals surface area contributed by atoms with Crippen molar-refractivity contribution in [2.75, 3.05) is 18.5 Å². The van der Waals surface area contributed by atoms with Gasteiger partial charge in [0.2, 0.25) is 0 Å². The fourth-order valence-corrected chi connectivity index (χ4v) is 2.52. The van der Waals surface area contributed by atoms with Gasteiger partial charge in [0.25, 0.3) is 5.69 Å². The van der Waals surface area contributed by atoms with Crippen molar-refractivity contribution < 1.29 is 4.92 Å². The largest absolute Gasteiger partial charge is 0.370 e. The third-order valence-corrected chi connectivity index (χ3v) is 3.76. The van der Waals surface area contributed by atoms with Crippen LogP contribution in [0.15, 0.2) is 18.2 Å². The van der Waals surface area contributed by atoms with E-state index in [1.807, 2.05) is 13.1 Å². The van der Waals surface area contributed by atoms with Crippen molar-refractivity contribution in [3.8, 4) is 0 Å². The van der Waals surface area contributed by atoms with Crippen LogP contribution in [0.1, 0.15) is 18.4 Å². The van der Waals surface area contributed by atoms with Crippen molar-refractivity contribution in [2.24, 2.45) is 11.7 Å². The van der Waals surface area contributed by atoms with Crippen LogP contribution in [0.25, 0.3) is 0 Å². The Labute approximate surface area is 107 Å². The van der Waals surface area contributed by atoms with Crippen LogP contribution in [0.2, 0.25) is 0 Å². The van der Waals surface area contributed by atoms with Crippen molar-refractivity contribution in [3.05, 3.63) is 33.9 Å². The fraction of sp³-hybridized carbons (Fsp3) is 0.538. The normalized spacial score (nSPS) is 16.4. The molecule has 2 N–H and O–H groups in total. The lowest BCUT2D eigenvalue weighted by atomic mass is 10.1. The third-order valence-electron chi connectivity index (χ3n) is 3.76. The van der Waals surface area contributed by atoms with Crippen molar-refractivity contribution in [1.82, 2.24) is 0 Å². The molecule has 0 saturated heterocycles. The van der Waals surface area contributed by atoms with E-state index in [-0.39, 0.29) is 16.7 Å². The zero-order valence-electron chi connectivity index (χ0n) is 10.8. The summed E-state index contributed by atoms with van der Waals surface area (Å²) < 4.78 is 0. The second-order valence-electron chi connectivity index (χ2n) is 4.93. The maximum Gasteiger partial charge on any atom is 0.274 e. The van der Waals surface area contributed by atoms with Gasteiger partial charge in [0.1, 0.15) is 0 Å². The molecule has 0 aliphatic heterocycles. The summed E-state index contributed by atoms with van der Waals surface area (Å²) in [5.74, 6) is 0.638. The third kappa shape index (κ3) is 2.31. The highest BCUT2D eigenvalue weighted by Gasteiger charge is 2.34. The van der Waals surface area contributed by atoms with Crippen molar-refractivity contribution >= 4 is 11.4 Å². The summed E-state index contributed by atoms with van der Waals surface area (Å²) in [4.78, 5) is 12.7. The minimum Gasteiger partial charge on any atom is -0.370 e. The molecule has 98 valence electrons. The summed E-state index contributed by atoms with van der Waals surface area (Å²) in [5, 5.41) is 10.9. The molecule has 0 spiro atoms. The quantitative estimate of drug-likeness (QED) is 0.640. The molecule has 1 aromatic carbocycles. The Morgan fingerprint density at radius 2 is 2.22 bits per heavy atom. The molecule has 5 nitrogen and oxygen atoms in total.